The van der Waals surface area contributed by atoms with Crippen molar-refractivity contribution in [1.82, 2.24) is 4.90 Å². The van der Waals surface area contributed by atoms with Gasteiger partial charge in [0.2, 0.25) is 5.91 Å². The molecule has 1 N–H and O–H groups in total. The summed E-state index contributed by atoms with van der Waals surface area (Å²) in [6, 6.07) is 3.72. The molecule has 1 spiro atoms. The minimum Gasteiger partial charge on any atom is -0.393 e. The fraction of sp³-hybridized carbons (Fsp3) is 0.650. The molecule has 1 amide bonds. The van der Waals surface area contributed by atoms with E-state index in [4.69, 9.17) is 0 Å². The van der Waals surface area contributed by atoms with E-state index < -0.39 is 17.0 Å². The van der Waals surface area contributed by atoms with Gasteiger partial charge in [0.15, 0.2) is 0 Å². The average Bonchev–Trinajstić information content (AvgIpc) is 2.94. The molecule has 4 nitrogen and oxygen atoms in total. The van der Waals surface area contributed by atoms with E-state index in [0.29, 0.717) is 13.1 Å². The van der Waals surface area contributed by atoms with Gasteiger partial charge in [-0.3, -0.25) is 4.79 Å². The summed E-state index contributed by atoms with van der Waals surface area (Å²) in [6.45, 7) is 1.84. The van der Waals surface area contributed by atoms with Crippen molar-refractivity contribution in [3.8, 4) is 0 Å². The SMILES string of the molecule is O=C1N([C@H]2CC[C@@H](O)CC2)CC[C@@]12CCCN(c1cc(F)ccc1F)C2. The molecule has 1 aromatic carbocycles. The van der Waals surface area contributed by atoms with Crippen LogP contribution in [0.2, 0.25) is 0 Å². The highest BCUT2D eigenvalue weighted by atomic mass is 19.1. The number of rotatable bonds is 2. The molecule has 26 heavy (non-hydrogen) atoms. The standard InChI is InChI=1S/C20H26F2N2O2/c21-14-2-7-17(22)18(12-14)23-10-1-8-20(13-23)9-11-24(19(20)26)15-3-5-16(25)6-4-15/h2,7,12,15-16,25H,1,3-6,8-11,13H2/t15-,16+,20-/m1/s1. The molecule has 2 heterocycles. The van der Waals surface area contributed by atoms with Gasteiger partial charge >= 0.3 is 0 Å². The van der Waals surface area contributed by atoms with E-state index in [9.17, 15) is 18.7 Å². The number of benzene rings is 1. The Labute approximate surface area is 152 Å². The Morgan fingerprint density at radius 1 is 1.08 bits per heavy atom. The van der Waals surface area contributed by atoms with Crippen molar-refractivity contribution in [3.05, 3.63) is 29.8 Å². The molecule has 3 aliphatic rings. The highest BCUT2D eigenvalue weighted by Crippen LogP contribution is 2.43. The Kier molecular flexibility index (Phi) is 4.63. The van der Waals surface area contributed by atoms with E-state index >= 15 is 0 Å². The summed E-state index contributed by atoms with van der Waals surface area (Å²) in [5.41, 5.74) is -0.219. The number of halogens is 2. The molecule has 2 saturated heterocycles. The third-order valence-corrected chi connectivity index (χ3v) is 6.48. The van der Waals surface area contributed by atoms with Crippen LogP contribution in [-0.2, 0) is 4.79 Å². The van der Waals surface area contributed by atoms with Crippen molar-refractivity contribution in [2.75, 3.05) is 24.5 Å². The highest BCUT2D eigenvalue weighted by molar-refractivity contribution is 5.86. The van der Waals surface area contributed by atoms with Crippen LogP contribution in [0.1, 0.15) is 44.9 Å². The van der Waals surface area contributed by atoms with Gasteiger partial charge in [0.05, 0.1) is 17.2 Å². The summed E-state index contributed by atoms with van der Waals surface area (Å²) in [5.74, 6) is -0.728. The van der Waals surface area contributed by atoms with E-state index in [1.807, 2.05) is 9.80 Å². The van der Waals surface area contributed by atoms with E-state index in [0.717, 1.165) is 63.6 Å². The molecule has 142 valence electrons. The zero-order chi connectivity index (χ0) is 18.3. The maximum absolute atomic E-state index is 14.2. The quantitative estimate of drug-likeness (QED) is 0.877. The summed E-state index contributed by atoms with van der Waals surface area (Å²) in [7, 11) is 0. The summed E-state index contributed by atoms with van der Waals surface area (Å²) >= 11 is 0. The van der Waals surface area contributed by atoms with Crippen molar-refractivity contribution >= 4 is 11.6 Å². The van der Waals surface area contributed by atoms with E-state index in [1.54, 1.807) is 0 Å². The lowest BCUT2D eigenvalue weighted by Gasteiger charge is -2.41. The normalized spacial score (nSPS) is 32.5. The molecule has 1 atom stereocenters. The van der Waals surface area contributed by atoms with E-state index in [2.05, 4.69) is 0 Å². The molecule has 6 heteroatoms. The number of carbonyl (C=O) groups is 1. The van der Waals surface area contributed by atoms with Gasteiger partial charge < -0.3 is 14.9 Å². The summed E-state index contributed by atoms with van der Waals surface area (Å²) in [4.78, 5) is 17.1. The van der Waals surface area contributed by atoms with Crippen LogP contribution in [0.3, 0.4) is 0 Å². The lowest BCUT2D eigenvalue weighted by atomic mass is 9.78. The van der Waals surface area contributed by atoms with Crippen molar-refractivity contribution in [3.63, 3.8) is 0 Å². The minimum absolute atomic E-state index is 0.167. The predicted molar refractivity (Wildman–Crippen MR) is 94.8 cm³/mol. The van der Waals surface area contributed by atoms with Gasteiger partial charge in [0.25, 0.3) is 0 Å². The van der Waals surface area contributed by atoms with Crippen molar-refractivity contribution in [2.45, 2.75) is 57.1 Å². The number of aliphatic hydroxyl groups is 1. The second kappa shape index (κ2) is 6.80. The van der Waals surface area contributed by atoms with Crippen molar-refractivity contribution < 1.29 is 18.7 Å². The largest absolute Gasteiger partial charge is 0.393 e. The van der Waals surface area contributed by atoms with Gasteiger partial charge in [0.1, 0.15) is 11.6 Å². The first-order chi connectivity index (χ1) is 12.5. The van der Waals surface area contributed by atoms with E-state index in [1.165, 1.54) is 6.07 Å². The van der Waals surface area contributed by atoms with Crippen molar-refractivity contribution in [2.24, 2.45) is 5.41 Å². The van der Waals surface area contributed by atoms with Gasteiger partial charge in [-0.1, -0.05) is 0 Å². The fourth-order valence-electron chi connectivity index (χ4n) is 5.01. The predicted octanol–water partition coefficient (Wildman–Crippen LogP) is 3.09. The second-order valence-corrected chi connectivity index (χ2v) is 8.11. The Morgan fingerprint density at radius 3 is 2.62 bits per heavy atom. The molecule has 4 rings (SSSR count). The first kappa shape index (κ1) is 17.7. The van der Waals surface area contributed by atoms with Gasteiger partial charge in [-0.15, -0.1) is 0 Å². The lowest BCUT2D eigenvalue weighted by Crippen LogP contribution is -2.50. The number of anilines is 1. The summed E-state index contributed by atoms with van der Waals surface area (Å²) < 4.78 is 27.8. The minimum atomic E-state index is -0.479. The first-order valence-corrected chi connectivity index (χ1v) is 9.68. The fourth-order valence-corrected chi connectivity index (χ4v) is 5.01. The summed E-state index contributed by atoms with van der Waals surface area (Å²) in [5, 5.41) is 9.71. The second-order valence-electron chi connectivity index (χ2n) is 8.11. The molecule has 2 aliphatic heterocycles. The lowest BCUT2D eigenvalue weighted by molar-refractivity contribution is -0.139. The smallest absolute Gasteiger partial charge is 0.230 e. The first-order valence-electron chi connectivity index (χ1n) is 9.68. The van der Waals surface area contributed by atoms with Crippen LogP contribution in [0.15, 0.2) is 18.2 Å². The molecular weight excluding hydrogens is 338 g/mol. The number of piperidine rings is 1. The van der Waals surface area contributed by atoms with Crippen LogP contribution < -0.4 is 4.90 Å². The van der Waals surface area contributed by atoms with Crippen molar-refractivity contribution in [1.29, 1.82) is 0 Å². The topological polar surface area (TPSA) is 43.8 Å². The monoisotopic (exact) mass is 364 g/mol. The van der Waals surface area contributed by atoms with Crippen LogP contribution in [0.5, 0.6) is 0 Å². The Bertz CT molecular complexity index is 690. The van der Waals surface area contributed by atoms with Gasteiger partial charge in [-0.25, -0.2) is 8.78 Å². The highest BCUT2D eigenvalue weighted by Gasteiger charge is 2.50. The molecule has 1 saturated carbocycles. The number of carbonyl (C=O) groups excluding carboxylic acids is 1. The Balaban J connectivity index is 1.51. The molecule has 0 aromatic heterocycles. The van der Waals surface area contributed by atoms with Crippen LogP contribution in [0.4, 0.5) is 14.5 Å². The zero-order valence-corrected chi connectivity index (χ0v) is 15.0. The maximum atomic E-state index is 14.2. The van der Waals surface area contributed by atoms with Gasteiger partial charge in [0, 0.05) is 31.7 Å². The Morgan fingerprint density at radius 2 is 1.85 bits per heavy atom. The molecular formula is C20H26F2N2O2. The summed E-state index contributed by atoms with van der Waals surface area (Å²) in [6.07, 6.45) is 5.36. The third-order valence-electron chi connectivity index (χ3n) is 6.48. The van der Waals surface area contributed by atoms with Gasteiger partial charge in [-0.2, -0.15) is 0 Å². The molecule has 3 fully saturated rings. The van der Waals surface area contributed by atoms with E-state index in [-0.39, 0.29) is 23.7 Å². The molecule has 1 aromatic rings. The maximum Gasteiger partial charge on any atom is 0.230 e. The van der Waals surface area contributed by atoms with Crippen LogP contribution >= 0.6 is 0 Å². The van der Waals surface area contributed by atoms with Crippen LogP contribution in [-0.4, -0.2) is 47.7 Å². The number of amides is 1. The zero-order valence-electron chi connectivity index (χ0n) is 15.0. The number of likely N-dealkylation sites (tertiary alicyclic amines) is 1. The van der Waals surface area contributed by atoms with Crippen LogP contribution in [0, 0.1) is 17.0 Å². The number of hydrogen-bond donors (Lipinski definition) is 1. The van der Waals surface area contributed by atoms with Crippen LogP contribution in [0.25, 0.3) is 0 Å². The van der Waals surface area contributed by atoms with Gasteiger partial charge in [-0.05, 0) is 57.1 Å². The molecule has 0 radical (unpaired) electrons. The Hall–Kier alpha value is -1.69. The average molecular weight is 364 g/mol. The third kappa shape index (κ3) is 3.08. The number of nitrogens with zero attached hydrogens (tertiary/aromatic N) is 2. The number of hydrogen-bond acceptors (Lipinski definition) is 3. The molecule has 1 aliphatic carbocycles. The molecule has 0 bridgehead atoms. The number of aliphatic hydroxyl groups excluding tert-OH is 1. The molecule has 0 unspecified atom stereocenters.